The third-order valence-corrected chi connectivity index (χ3v) is 7.72. The van der Waals surface area contributed by atoms with Crippen molar-refractivity contribution in [2.45, 2.75) is 32.0 Å². The minimum atomic E-state index is -0.409. The summed E-state index contributed by atoms with van der Waals surface area (Å²) in [4.78, 5) is 43.6. The highest BCUT2D eigenvalue weighted by Gasteiger charge is 2.28. The van der Waals surface area contributed by atoms with Gasteiger partial charge in [-0.15, -0.1) is 0 Å². The van der Waals surface area contributed by atoms with Crippen molar-refractivity contribution in [3.8, 4) is 0 Å². The molecule has 2 amide bonds. The van der Waals surface area contributed by atoms with Crippen LogP contribution in [0.1, 0.15) is 34.3 Å². The van der Waals surface area contributed by atoms with Gasteiger partial charge in [0, 0.05) is 25.3 Å². The normalized spacial score (nSPS) is 14.8. The maximum Gasteiger partial charge on any atom is 0.254 e. The molecule has 4 aromatic rings. The predicted octanol–water partition coefficient (Wildman–Crippen LogP) is 6.09. The summed E-state index contributed by atoms with van der Waals surface area (Å²) < 4.78 is 25.0. The molecule has 1 saturated heterocycles. The van der Waals surface area contributed by atoms with Crippen LogP contribution < -0.4 is 5.43 Å². The number of benzene rings is 3. The van der Waals surface area contributed by atoms with E-state index < -0.39 is 17.6 Å². The van der Waals surface area contributed by atoms with Crippen LogP contribution in [0.3, 0.4) is 0 Å². The van der Waals surface area contributed by atoms with Gasteiger partial charge in [-0.2, -0.15) is 0 Å². The van der Waals surface area contributed by atoms with Gasteiger partial charge in [-0.1, -0.05) is 47.5 Å². The highest BCUT2D eigenvalue weighted by atomic mass is 35.5. The number of rotatable bonds is 9. The van der Waals surface area contributed by atoms with E-state index >= 15 is 0 Å². The number of hydrogen-bond donors (Lipinski definition) is 0. The predicted molar refractivity (Wildman–Crippen MR) is 154 cm³/mol. The van der Waals surface area contributed by atoms with Gasteiger partial charge >= 0.3 is 0 Å². The van der Waals surface area contributed by atoms with E-state index in [4.69, 9.17) is 32.4 Å². The number of carbonyl (C=O) groups excluding carboxylic acids is 2. The fraction of sp³-hybridized carbons (Fsp3) is 0.258. The van der Waals surface area contributed by atoms with Crippen molar-refractivity contribution in [2.24, 2.45) is 0 Å². The monoisotopic (exact) mass is 596 g/mol. The first-order chi connectivity index (χ1) is 19.8. The van der Waals surface area contributed by atoms with Crippen LogP contribution in [0, 0.1) is 5.82 Å². The molecule has 7 nitrogen and oxygen atoms in total. The van der Waals surface area contributed by atoms with Crippen LogP contribution in [0.2, 0.25) is 10.0 Å². The molecular weight excluding hydrogens is 570 g/mol. The zero-order valence-electron chi connectivity index (χ0n) is 22.0. The van der Waals surface area contributed by atoms with E-state index in [2.05, 4.69) is 0 Å². The van der Waals surface area contributed by atoms with Gasteiger partial charge in [0.15, 0.2) is 5.43 Å². The lowest BCUT2D eigenvalue weighted by atomic mass is 10.1. The molecule has 10 heteroatoms. The Morgan fingerprint density at radius 1 is 0.951 bits per heavy atom. The Balaban J connectivity index is 1.44. The smallest absolute Gasteiger partial charge is 0.254 e. The summed E-state index contributed by atoms with van der Waals surface area (Å²) in [6.07, 6.45) is 2.76. The molecule has 0 bridgehead atoms. The molecule has 41 heavy (non-hydrogen) atoms. The van der Waals surface area contributed by atoms with Crippen LogP contribution in [0.25, 0.3) is 11.0 Å². The van der Waals surface area contributed by atoms with Crippen LogP contribution in [0.4, 0.5) is 4.39 Å². The number of amides is 2. The van der Waals surface area contributed by atoms with Gasteiger partial charge in [-0.3, -0.25) is 14.4 Å². The van der Waals surface area contributed by atoms with Crippen LogP contribution in [-0.4, -0.2) is 47.4 Å². The zero-order chi connectivity index (χ0) is 28.9. The van der Waals surface area contributed by atoms with E-state index in [1.807, 2.05) is 0 Å². The first-order valence-electron chi connectivity index (χ1n) is 13.2. The number of nitrogens with zero attached hydrogens (tertiary/aromatic N) is 2. The second-order valence-corrected chi connectivity index (χ2v) is 10.7. The van der Waals surface area contributed by atoms with Crippen molar-refractivity contribution in [2.75, 3.05) is 19.7 Å². The first-order valence-corrected chi connectivity index (χ1v) is 13.9. The summed E-state index contributed by atoms with van der Waals surface area (Å²) in [6, 6.07) is 17.2. The third kappa shape index (κ3) is 6.96. The quantitative estimate of drug-likeness (QED) is 0.233. The lowest BCUT2D eigenvalue weighted by Gasteiger charge is -2.29. The Morgan fingerprint density at radius 2 is 1.73 bits per heavy atom. The van der Waals surface area contributed by atoms with Gasteiger partial charge in [-0.25, -0.2) is 4.39 Å². The summed E-state index contributed by atoms with van der Waals surface area (Å²) in [6.45, 7) is 0.520. The van der Waals surface area contributed by atoms with Crippen molar-refractivity contribution in [3.63, 3.8) is 0 Å². The summed E-state index contributed by atoms with van der Waals surface area (Å²) in [5.74, 6) is -1.22. The van der Waals surface area contributed by atoms with Crippen LogP contribution in [-0.2, 0) is 22.6 Å². The van der Waals surface area contributed by atoms with Crippen molar-refractivity contribution in [1.82, 2.24) is 9.80 Å². The molecule has 0 N–H and O–H groups in total. The third-order valence-electron chi connectivity index (χ3n) is 6.98. The molecule has 0 saturated carbocycles. The molecular formula is C31H27Cl2FN2O5. The molecule has 3 aromatic carbocycles. The van der Waals surface area contributed by atoms with E-state index in [0.29, 0.717) is 28.2 Å². The topological polar surface area (TPSA) is 80.1 Å². The van der Waals surface area contributed by atoms with Gasteiger partial charge in [0.2, 0.25) is 5.91 Å². The minimum Gasteiger partial charge on any atom is -0.464 e. The molecule has 2 heterocycles. The van der Waals surface area contributed by atoms with Gasteiger partial charge in [-0.05, 0) is 60.9 Å². The fourth-order valence-electron chi connectivity index (χ4n) is 4.80. The summed E-state index contributed by atoms with van der Waals surface area (Å²) in [5.41, 5.74) is 1.40. The standard InChI is InChI=1S/C31H27Cl2FN2O5/c32-26-12-9-21(14-27(26)33)31(39)36(17-24-4-3-13-40-24)18-29(37)35(15-20-7-10-23(34)11-8-20)16-22-19-41-28-6-2-1-5-25(28)30(22)38/h1-2,5-12,14,19,24H,3-4,13,15-18H2. The fourth-order valence-corrected chi connectivity index (χ4v) is 5.10. The zero-order valence-corrected chi connectivity index (χ0v) is 23.5. The Labute approximate surface area is 246 Å². The molecule has 1 atom stereocenters. The summed E-state index contributed by atoms with van der Waals surface area (Å²) in [7, 11) is 0. The SMILES string of the molecule is O=C(CN(CC1CCCO1)C(=O)c1ccc(Cl)c(Cl)c1)N(Cc1ccc(F)cc1)Cc1coc2ccccc2c1=O. The highest BCUT2D eigenvalue weighted by Crippen LogP contribution is 2.24. The van der Waals surface area contributed by atoms with Gasteiger partial charge in [0.1, 0.15) is 17.9 Å². The van der Waals surface area contributed by atoms with Crippen molar-refractivity contribution >= 4 is 46.0 Å². The van der Waals surface area contributed by atoms with E-state index in [1.165, 1.54) is 40.3 Å². The van der Waals surface area contributed by atoms with Crippen LogP contribution in [0.5, 0.6) is 0 Å². The molecule has 1 aliphatic heterocycles. The first kappa shape index (κ1) is 28.8. The van der Waals surface area contributed by atoms with Crippen molar-refractivity contribution in [3.05, 3.63) is 116 Å². The van der Waals surface area contributed by atoms with E-state index in [9.17, 15) is 18.8 Å². The van der Waals surface area contributed by atoms with E-state index in [0.717, 1.165) is 12.8 Å². The van der Waals surface area contributed by atoms with E-state index in [-0.39, 0.29) is 53.9 Å². The molecule has 0 aliphatic carbocycles. The van der Waals surface area contributed by atoms with Crippen LogP contribution >= 0.6 is 23.2 Å². The van der Waals surface area contributed by atoms with Crippen molar-refractivity contribution < 1.29 is 23.1 Å². The lowest BCUT2D eigenvalue weighted by molar-refractivity contribution is -0.133. The Morgan fingerprint density at radius 3 is 2.46 bits per heavy atom. The second kappa shape index (κ2) is 12.9. The summed E-state index contributed by atoms with van der Waals surface area (Å²) in [5, 5.41) is 0.931. The maximum atomic E-state index is 13.9. The Kier molecular flexibility index (Phi) is 9.03. The second-order valence-electron chi connectivity index (χ2n) is 9.91. The molecule has 212 valence electrons. The number of fused-ring (bicyclic) bond motifs is 1. The number of carbonyl (C=O) groups is 2. The van der Waals surface area contributed by atoms with E-state index in [1.54, 1.807) is 42.5 Å². The number of ether oxygens (including phenoxy) is 1. The molecule has 0 radical (unpaired) electrons. The van der Waals surface area contributed by atoms with Gasteiger partial charge in [0.25, 0.3) is 5.91 Å². The summed E-state index contributed by atoms with van der Waals surface area (Å²) >= 11 is 12.2. The Hall–Kier alpha value is -3.72. The molecule has 1 unspecified atom stereocenters. The lowest BCUT2D eigenvalue weighted by Crippen LogP contribution is -2.45. The highest BCUT2D eigenvalue weighted by molar-refractivity contribution is 6.42. The average molecular weight is 597 g/mol. The number of para-hydroxylation sites is 1. The molecule has 0 spiro atoms. The Bertz CT molecular complexity index is 1620. The average Bonchev–Trinajstić information content (AvgIpc) is 3.49. The number of halogens is 3. The molecule has 5 rings (SSSR count). The largest absolute Gasteiger partial charge is 0.464 e. The van der Waals surface area contributed by atoms with Gasteiger partial charge in [0.05, 0.1) is 39.9 Å². The number of hydrogen-bond acceptors (Lipinski definition) is 5. The minimum absolute atomic E-state index is 0.0713. The molecule has 1 aromatic heterocycles. The van der Waals surface area contributed by atoms with Crippen LogP contribution in [0.15, 0.2) is 82.2 Å². The maximum absolute atomic E-state index is 13.9. The molecule has 1 aliphatic rings. The van der Waals surface area contributed by atoms with Gasteiger partial charge < -0.3 is 19.0 Å². The van der Waals surface area contributed by atoms with Crippen molar-refractivity contribution in [1.29, 1.82) is 0 Å². The molecule has 1 fully saturated rings.